The molecule has 0 unspecified atom stereocenters. The summed E-state index contributed by atoms with van der Waals surface area (Å²) in [5, 5.41) is 5.96. The Kier molecular flexibility index (Phi) is 6.67. The third kappa shape index (κ3) is 5.42. The maximum Gasteiger partial charge on any atom is 0.255 e. The molecule has 1 aliphatic carbocycles. The van der Waals surface area contributed by atoms with Gasteiger partial charge >= 0.3 is 0 Å². The van der Waals surface area contributed by atoms with Crippen molar-refractivity contribution in [1.29, 1.82) is 0 Å². The first kappa shape index (κ1) is 19.6. The molecular weight excluding hydrogens is 404 g/mol. The summed E-state index contributed by atoms with van der Waals surface area (Å²) in [4.78, 5) is 24.7. The van der Waals surface area contributed by atoms with Crippen LogP contribution in [0.4, 0.5) is 5.69 Å². The summed E-state index contributed by atoms with van der Waals surface area (Å²) in [6, 6.07) is 13.1. The number of hydrogen-bond acceptors (Lipinski definition) is 2. The van der Waals surface area contributed by atoms with E-state index in [4.69, 9.17) is 0 Å². The van der Waals surface area contributed by atoms with Crippen LogP contribution in [0.1, 0.15) is 53.6 Å². The topological polar surface area (TPSA) is 58.2 Å². The van der Waals surface area contributed by atoms with E-state index in [-0.39, 0.29) is 17.7 Å². The number of halogens is 1. The number of carbonyl (C=O) groups excluding carboxylic acids is 2. The molecule has 1 saturated carbocycles. The fourth-order valence-electron chi connectivity index (χ4n) is 3.43. The van der Waals surface area contributed by atoms with E-state index < -0.39 is 0 Å². The number of nitrogens with one attached hydrogen (secondary N) is 2. The van der Waals surface area contributed by atoms with Crippen molar-refractivity contribution in [3.63, 3.8) is 0 Å². The van der Waals surface area contributed by atoms with Gasteiger partial charge < -0.3 is 10.6 Å². The Hall–Kier alpha value is -2.14. The molecule has 142 valence electrons. The van der Waals surface area contributed by atoms with Gasteiger partial charge in [0.2, 0.25) is 5.91 Å². The van der Waals surface area contributed by atoms with Gasteiger partial charge in [-0.25, -0.2) is 0 Å². The molecule has 0 atom stereocenters. The fraction of sp³-hybridized carbons (Fsp3) is 0.364. The van der Waals surface area contributed by atoms with Gasteiger partial charge in [-0.2, -0.15) is 0 Å². The first-order valence-corrected chi connectivity index (χ1v) is 10.3. The van der Waals surface area contributed by atoms with Crippen LogP contribution in [0.15, 0.2) is 46.9 Å². The molecule has 1 aliphatic rings. The van der Waals surface area contributed by atoms with Crippen molar-refractivity contribution >= 4 is 33.4 Å². The van der Waals surface area contributed by atoms with E-state index in [1.165, 1.54) is 6.42 Å². The Morgan fingerprint density at radius 2 is 1.74 bits per heavy atom. The average Bonchev–Trinajstić information content (AvgIpc) is 2.69. The van der Waals surface area contributed by atoms with Crippen LogP contribution in [0.3, 0.4) is 0 Å². The summed E-state index contributed by atoms with van der Waals surface area (Å²) in [5.41, 5.74) is 3.39. The second-order valence-electron chi connectivity index (χ2n) is 7.16. The third-order valence-corrected chi connectivity index (χ3v) is 5.59. The summed E-state index contributed by atoms with van der Waals surface area (Å²) in [5.74, 6) is 0.179. The fourth-order valence-corrected chi connectivity index (χ4v) is 3.91. The molecule has 0 spiro atoms. The number of hydrogen-bond donors (Lipinski definition) is 2. The van der Waals surface area contributed by atoms with Gasteiger partial charge in [0.05, 0.1) is 0 Å². The second kappa shape index (κ2) is 9.18. The molecule has 0 bridgehead atoms. The lowest BCUT2D eigenvalue weighted by molar-refractivity contribution is -0.126. The first-order valence-electron chi connectivity index (χ1n) is 9.47. The zero-order chi connectivity index (χ0) is 19.2. The molecule has 0 aliphatic heterocycles. The zero-order valence-corrected chi connectivity index (χ0v) is 17.1. The molecule has 3 rings (SSSR count). The highest BCUT2D eigenvalue weighted by Gasteiger charge is 2.20. The van der Waals surface area contributed by atoms with Gasteiger partial charge in [-0.3, -0.25) is 9.59 Å². The molecule has 4 nitrogen and oxygen atoms in total. The van der Waals surface area contributed by atoms with E-state index in [2.05, 4.69) is 26.6 Å². The summed E-state index contributed by atoms with van der Waals surface area (Å²) in [6.45, 7) is 2.46. The largest absolute Gasteiger partial charge is 0.352 e. The van der Waals surface area contributed by atoms with Crippen molar-refractivity contribution < 1.29 is 9.59 Å². The second-order valence-corrected chi connectivity index (χ2v) is 8.08. The van der Waals surface area contributed by atoms with E-state index in [9.17, 15) is 9.59 Å². The van der Waals surface area contributed by atoms with Gasteiger partial charge in [0, 0.05) is 28.2 Å². The molecule has 1 fully saturated rings. The quantitative estimate of drug-likeness (QED) is 0.686. The van der Waals surface area contributed by atoms with Crippen LogP contribution >= 0.6 is 15.9 Å². The molecule has 2 aromatic rings. The maximum absolute atomic E-state index is 12.4. The molecule has 0 radical (unpaired) electrons. The minimum absolute atomic E-state index is 0.141. The smallest absolute Gasteiger partial charge is 0.255 e. The van der Waals surface area contributed by atoms with Gasteiger partial charge in [-0.15, -0.1) is 0 Å². The molecular formula is C22H25BrN2O2. The Balaban J connectivity index is 1.54. The third-order valence-electron chi connectivity index (χ3n) is 5.10. The van der Waals surface area contributed by atoms with Crippen LogP contribution in [0.5, 0.6) is 0 Å². The van der Waals surface area contributed by atoms with Crippen LogP contribution in [0.2, 0.25) is 0 Å². The number of aryl methyl sites for hydroxylation is 1. The van der Waals surface area contributed by atoms with Crippen molar-refractivity contribution in [3.8, 4) is 0 Å². The Morgan fingerprint density at radius 3 is 2.41 bits per heavy atom. The van der Waals surface area contributed by atoms with Crippen molar-refractivity contribution in [2.75, 3.05) is 5.32 Å². The van der Waals surface area contributed by atoms with E-state index >= 15 is 0 Å². The minimum Gasteiger partial charge on any atom is -0.352 e. The molecule has 27 heavy (non-hydrogen) atoms. The number of carbonyl (C=O) groups is 2. The van der Waals surface area contributed by atoms with E-state index in [1.807, 2.05) is 37.3 Å². The van der Waals surface area contributed by atoms with Crippen LogP contribution in [-0.2, 0) is 11.3 Å². The highest BCUT2D eigenvalue weighted by molar-refractivity contribution is 9.10. The monoisotopic (exact) mass is 428 g/mol. The Labute approximate surface area is 168 Å². The van der Waals surface area contributed by atoms with Gasteiger partial charge in [0.15, 0.2) is 0 Å². The average molecular weight is 429 g/mol. The van der Waals surface area contributed by atoms with Crippen molar-refractivity contribution in [2.24, 2.45) is 5.92 Å². The molecule has 2 aromatic carbocycles. The number of amides is 2. The van der Waals surface area contributed by atoms with E-state index in [1.54, 1.807) is 12.1 Å². The molecule has 0 heterocycles. The molecule has 0 aromatic heterocycles. The number of benzene rings is 2. The predicted molar refractivity (Wildman–Crippen MR) is 112 cm³/mol. The number of anilines is 1. The van der Waals surface area contributed by atoms with Gasteiger partial charge in [0.25, 0.3) is 5.91 Å². The molecule has 2 amide bonds. The highest BCUT2D eigenvalue weighted by atomic mass is 79.9. The predicted octanol–water partition coefficient (Wildman–Crippen LogP) is 5.21. The Morgan fingerprint density at radius 1 is 1.04 bits per heavy atom. The van der Waals surface area contributed by atoms with Crippen molar-refractivity contribution in [1.82, 2.24) is 5.32 Å². The Bertz CT molecular complexity index is 812. The summed E-state index contributed by atoms with van der Waals surface area (Å²) in [6.07, 6.45) is 5.55. The van der Waals surface area contributed by atoms with Gasteiger partial charge in [-0.05, 0) is 61.2 Å². The lowest BCUT2D eigenvalue weighted by atomic mass is 9.88. The van der Waals surface area contributed by atoms with Crippen LogP contribution in [-0.4, -0.2) is 11.8 Å². The zero-order valence-electron chi connectivity index (χ0n) is 15.6. The minimum atomic E-state index is -0.141. The lowest BCUT2D eigenvalue weighted by Crippen LogP contribution is -2.31. The van der Waals surface area contributed by atoms with Crippen molar-refractivity contribution in [3.05, 3.63) is 63.6 Å². The lowest BCUT2D eigenvalue weighted by Gasteiger charge is -2.20. The van der Waals surface area contributed by atoms with E-state index in [0.29, 0.717) is 12.1 Å². The summed E-state index contributed by atoms with van der Waals surface area (Å²) >= 11 is 3.42. The molecule has 5 heteroatoms. The van der Waals surface area contributed by atoms with Crippen LogP contribution in [0.25, 0.3) is 0 Å². The highest BCUT2D eigenvalue weighted by Crippen LogP contribution is 2.24. The SMILES string of the molecule is Cc1cc(Br)ccc1NC(=O)c1ccc(CNC(=O)C2CCCCC2)cc1. The van der Waals surface area contributed by atoms with Crippen LogP contribution in [0, 0.1) is 12.8 Å². The first-order chi connectivity index (χ1) is 13.0. The summed E-state index contributed by atoms with van der Waals surface area (Å²) < 4.78 is 0.984. The van der Waals surface area contributed by atoms with Gasteiger partial charge in [0.1, 0.15) is 0 Å². The summed E-state index contributed by atoms with van der Waals surface area (Å²) in [7, 11) is 0. The van der Waals surface area contributed by atoms with Crippen molar-refractivity contribution in [2.45, 2.75) is 45.6 Å². The normalized spacial score (nSPS) is 14.6. The standard InChI is InChI=1S/C22H25BrN2O2/c1-15-13-19(23)11-12-20(15)25-22(27)18-9-7-16(8-10-18)14-24-21(26)17-5-3-2-4-6-17/h7-13,17H,2-6,14H2,1H3,(H,24,26)(H,25,27). The number of rotatable bonds is 5. The van der Waals surface area contributed by atoms with Gasteiger partial charge in [-0.1, -0.05) is 47.3 Å². The van der Waals surface area contributed by atoms with E-state index in [0.717, 1.165) is 47.0 Å². The molecule has 2 N–H and O–H groups in total. The van der Waals surface area contributed by atoms with Crippen LogP contribution < -0.4 is 10.6 Å². The maximum atomic E-state index is 12.4. The molecule has 0 saturated heterocycles.